The average Bonchev–Trinajstić information content (AvgIpc) is 3.28. The number of carboxylic acid groups (broad SMARTS) is 1. The lowest BCUT2D eigenvalue weighted by molar-refractivity contribution is 0.0702. The van der Waals surface area contributed by atoms with E-state index in [0.29, 0.717) is 11.3 Å². The molecular weight excluding hydrogens is 376 g/mol. The number of aliphatic hydroxyl groups excluding tert-OH is 1. The van der Waals surface area contributed by atoms with Gasteiger partial charge in [-0.15, -0.1) is 22.9 Å². The van der Waals surface area contributed by atoms with Crippen molar-refractivity contribution in [3.8, 4) is 11.8 Å². The molecule has 0 unspecified atom stereocenters. The normalized spacial score (nSPS) is 25.5. The lowest BCUT2D eigenvalue weighted by Gasteiger charge is -2.18. The number of alkyl halides is 1. The van der Waals surface area contributed by atoms with Crippen molar-refractivity contribution in [1.29, 1.82) is 0 Å². The Morgan fingerprint density at radius 2 is 2.20 bits per heavy atom. The van der Waals surface area contributed by atoms with Crippen molar-refractivity contribution >= 4 is 40.2 Å². The van der Waals surface area contributed by atoms with Gasteiger partial charge in [0.25, 0.3) is 0 Å². The fraction of sp³-hybridized carbons (Fsp3) is 0.421. The van der Waals surface area contributed by atoms with Gasteiger partial charge in [-0.2, -0.15) is 11.3 Å². The van der Waals surface area contributed by atoms with Crippen LogP contribution in [0.15, 0.2) is 29.0 Å². The van der Waals surface area contributed by atoms with E-state index in [9.17, 15) is 9.90 Å². The van der Waals surface area contributed by atoms with Crippen molar-refractivity contribution < 1.29 is 15.0 Å². The third-order valence-electron chi connectivity index (χ3n) is 4.54. The Balaban J connectivity index is 1.59. The van der Waals surface area contributed by atoms with Crippen LogP contribution < -0.4 is 0 Å². The van der Waals surface area contributed by atoms with E-state index in [0.717, 1.165) is 29.7 Å². The molecule has 6 heteroatoms. The van der Waals surface area contributed by atoms with Crippen molar-refractivity contribution in [2.45, 2.75) is 37.2 Å². The molecule has 1 aliphatic carbocycles. The molecule has 25 heavy (non-hydrogen) atoms. The molecular formula is C19H19ClO3S2. The van der Waals surface area contributed by atoms with E-state index < -0.39 is 12.1 Å². The van der Waals surface area contributed by atoms with Crippen LogP contribution in [0.2, 0.25) is 0 Å². The number of hydrogen-bond acceptors (Lipinski definition) is 4. The number of carboxylic acids is 1. The Morgan fingerprint density at radius 3 is 2.88 bits per heavy atom. The number of rotatable bonds is 5. The first kappa shape index (κ1) is 18.5. The number of hydrogen-bond donors (Lipinski definition) is 2. The van der Waals surface area contributed by atoms with Crippen LogP contribution in [0, 0.1) is 23.7 Å². The monoisotopic (exact) mass is 394 g/mol. The maximum absolute atomic E-state index is 10.9. The van der Waals surface area contributed by atoms with E-state index in [1.807, 2.05) is 22.9 Å². The van der Waals surface area contributed by atoms with Gasteiger partial charge in [-0.05, 0) is 55.2 Å². The van der Waals surface area contributed by atoms with Crippen LogP contribution in [0.5, 0.6) is 0 Å². The van der Waals surface area contributed by atoms with Crippen LogP contribution in [0.3, 0.4) is 0 Å². The second kappa shape index (κ2) is 8.37. The lowest BCUT2D eigenvalue weighted by Crippen LogP contribution is -2.19. The maximum Gasteiger partial charge on any atom is 0.345 e. The highest BCUT2D eigenvalue weighted by Gasteiger charge is 2.40. The largest absolute Gasteiger partial charge is 0.477 e. The minimum Gasteiger partial charge on any atom is -0.477 e. The lowest BCUT2D eigenvalue weighted by atomic mass is 9.90. The molecule has 0 bridgehead atoms. The third kappa shape index (κ3) is 4.65. The summed E-state index contributed by atoms with van der Waals surface area (Å²) in [5.41, 5.74) is 0.980. The first-order valence-corrected chi connectivity index (χ1v) is 10.4. The van der Waals surface area contributed by atoms with E-state index in [4.69, 9.17) is 16.7 Å². The molecule has 2 aromatic heterocycles. The van der Waals surface area contributed by atoms with E-state index in [1.54, 1.807) is 17.4 Å². The number of aryl methyl sites for hydroxylation is 1. The van der Waals surface area contributed by atoms with Gasteiger partial charge in [0.2, 0.25) is 0 Å². The van der Waals surface area contributed by atoms with E-state index in [1.165, 1.54) is 11.3 Å². The first-order chi connectivity index (χ1) is 12.0. The van der Waals surface area contributed by atoms with Gasteiger partial charge in [0.15, 0.2) is 0 Å². The van der Waals surface area contributed by atoms with Gasteiger partial charge in [0, 0.05) is 21.2 Å². The molecule has 0 radical (unpaired) electrons. The molecule has 4 atom stereocenters. The molecule has 1 fully saturated rings. The number of halogens is 1. The molecule has 0 aliphatic heterocycles. The average molecular weight is 395 g/mol. The Kier molecular flexibility index (Phi) is 6.19. The molecule has 2 heterocycles. The minimum absolute atomic E-state index is 0.0605. The highest BCUT2D eigenvalue weighted by molar-refractivity contribution is 7.13. The minimum atomic E-state index is -0.875. The number of aromatic carboxylic acids is 1. The predicted octanol–water partition coefficient (Wildman–Crippen LogP) is 4.49. The van der Waals surface area contributed by atoms with Crippen LogP contribution in [0.4, 0.5) is 0 Å². The van der Waals surface area contributed by atoms with Gasteiger partial charge >= 0.3 is 5.97 Å². The molecule has 0 spiro atoms. The molecule has 2 aromatic rings. The van der Waals surface area contributed by atoms with E-state index in [-0.39, 0.29) is 17.2 Å². The van der Waals surface area contributed by atoms with Crippen molar-refractivity contribution in [3.63, 3.8) is 0 Å². The van der Waals surface area contributed by atoms with Gasteiger partial charge in [0.05, 0.1) is 12.0 Å². The summed E-state index contributed by atoms with van der Waals surface area (Å²) in [5, 5.41) is 23.2. The molecule has 2 N–H and O–H groups in total. The van der Waals surface area contributed by atoms with Gasteiger partial charge in [-0.3, -0.25) is 0 Å². The summed E-state index contributed by atoms with van der Waals surface area (Å²) in [6.45, 7) is 0. The van der Waals surface area contributed by atoms with Crippen LogP contribution in [0.1, 0.15) is 39.4 Å². The zero-order valence-corrected chi connectivity index (χ0v) is 15.9. The standard InChI is InChI=1S/C19H19ClO3S2/c20-16-10-17(21)15(6-4-12-8-9-24-11-12)14(16)3-1-2-13-5-7-18(25-13)19(22)23/h5,7-9,11,14-17,21H,1-3,10H2,(H,22,23)/t14-,15-,16-,17-/m1/s1. The highest BCUT2D eigenvalue weighted by Crippen LogP contribution is 2.39. The van der Waals surface area contributed by atoms with E-state index in [2.05, 4.69) is 11.8 Å². The van der Waals surface area contributed by atoms with Crippen LogP contribution in [0.25, 0.3) is 0 Å². The topological polar surface area (TPSA) is 57.5 Å². The summed E-state index contributed by atoms with van der Waals surface area (Å²) in [6.07, 6.45) is 2.74. The summed E-state index contributed by atoms with van der Waals surface area (Å²) >= 11 is 9.39. The van der Waals surface area contributed by atoms with Gasteiger partial charge in [0.1, 0.15) is 4.88 Å². The second-order valence-electron chi connectivity index (χ2n) is 6.25. The van der Waals surface area contributed by atoms with Crippen LogP contribution in [-0.4, -0.2) is 27.7 Å². The summed E-state index contributed by atoms with van der Waals surface area (Å²) in [7, 11) is 0. The van der Waals surface area contributed by atoms with Gasteiger partial charge in [-0.1, -0.05) is 11.8 Å². The van der Waals surface area contributed by atoms with Crippen molar-refractivity contribution in [2.75, 3.05) is 0 Å². The van der Waals surface area contributed by atoms with Crippen molar-refractivity contribution in [1.82, 2.24) is 0 Å². The summed E-state index contributed by atoms with van der Waals surface area (Å²) in [4.78, 5) is 12.4. The summed E-state index contributed by atoms with van der Waals surface area (Å²) < 4.78 is 0. The fourth-order valence-corrected chi connectivity index (χ4v) is 5.21. The van der Waals surface area contributed by atoms with Crippen LogP contribution in [-0.2, 0) is 6.42 Å². The molecule has 0 aromatic carbocycles. The quantitative estimate of drug-likeness (QED) is 0.580. The molecule has 0 saturated heterocycles. The number of thiophene rings is 2. The fourth-order valence-electron chi connectivity index (χ4n) is 3.27. The van der Waals surface area contributed by atoms with Gasteiger partial charge in [-0.25, -0.2) is 4.79 Å². The molecule has 1 aliphatic rings. The number of carbonyl (C=O) groups is 1. The number of aliphatic hydroxyl groups is 1. The summed E-state index contributed by atoms with van der Waals surface area (Å²) in [6, 6.07) is 5.51. The third-order valence-corrected chi connectivity index (χ3v) is 6.86. The van der Waals surface area contributed by atoms with Gasteiger partial charge < -0.3 is 10.2 Å². The Labute approximate surface area is 160 Å². The first-order valence-electron chi connectivity index (χ1n) is 8.22. The predicted molar refractivity (Wildman–Crippen MR) is 103 cm³/mol. The smallest absolute Gasteiger partial charge is 0.345 e. The second-order valence-corrected chi connectivity index (χ2v) is 8.76. The SMILES string of the molecule is O=C(O)c1ccc(CCC[C@@H]2[C@@H](C#Cc3ccsc3)[C@H](O)C[C@H]2Cl)s1. The molecule has 132 valence electrons. The molecule has 3 rings (SSSR count). The maximum atomic E-state index is 10.9. The Morgan fingerprint density at radius 1 is 1.36 bits per heavy atom. The zero-order chi connectivity index (χ0) is 17.8. The molecule has 0 amide bonds. The Bertz CT molecular complexity index is 772. The zero-order valence-electron chi connectivity index (χ0n) is 13.5. The van der Waals surface area contributed by atoms with Crippen molar-refractivity contribution in [3.05, 3.63) is 44.3 Å². The summed E-state index contributed by atoms with van der Waals surface area (Å²) in [5.74, 6) is 5.58. The molecule has 3 nitrogen and oxygen atoms in total. The van der Waals surface area contributed by atoms with Crippen LogP contribution >= 0.6 is 34.3 Å². The highest BCUT2D eigenvalue weighted by atomic mass is 35.5. The van der Waals surface area contributed by atoms with Crippen molar-refractivity contribution in [2.24, 2.45) is 11.8 Å². The van der Waals surface area contributed by atoms with E-state index >= 15 is 0 Å². The Hall–Kier alpha value is -1.32. The molecule has 1 saturated carbocycles.